The highest BCUT2D eigenvalue weighted by molar-refractivity contribution is 9.11. The van der Waals surface area contributed by atoms with Crippen molar-refractivity contribution < 1.29 is 24.1 Å². The number of aliphatic carboxylic acids is 1. The normalized spacial score (nSPS) is 17.1. The Bertz CT molecular complexity index is 1510. The Morgan fingerprint density at radius 1 is 1.20 bits per heavy atom. The standard InChI is InChI=1S/C29H37BrN2O7S/c1-17-22-24(33)32(29(5,26(34)35)16-28(2,3)4)27(36)31(25(22)40-23(17)30)15-21(39-18-11-13-38-14-12-18)19-9-7-8-10-20(19)37-6/h7-10,18,21H,11-16H2,1-6H3,(H,34,35). The largest absolute Gasteiger partial charge is 0.496 e. The first kappa shape index (κ1) is 30.5. The third kappa shape index (κ3) is 5.93. The Balaban J connectivity index is 1.98. The molecule has 1 aromatic carbocycles. The fourth-order valence-corrected chi connectivity index (χ4v) is 7.24. The average Bonchev–Trinajstić information content (AvgIpc) is 3.19. The summed E-state index contributed by atoms with van der Waals surface area (Å²) in [5.74, 6) is -0.622. The van der Waals surface area contributed by atoms with Gasteiger partial charge in [-0.25, -0.2) is 14.2 Å². The van der Waals surface area contributed by atoms with Crippen molar-refractivity contribution >= 4 is 43.5 Å². The molecule has 0 aliphatic carbocycles. The highest BCUT2D eigenvalue weighted by Gasteiger charge is 2.43. The number of hydrogen-bond donors (Lipinski definition) is 1. The molecule has 1 aliphatic heterocycles. The number of rotatable bonds is 9. The molecule has 11 heteroatoms. The van der Waals surface area contributed by atoms with Crippen molar-refractivity contribution in [2.75, 3.05) is 20.3 Å². The van der Waals surface area contributed by atoms with E-state index in [1.54, 1.807) is 14.0 Å². The van der Waals surface area contributed by atoms with Gasteiger partial charge in [0.25, 0.3) is 5.56 Å². The van der Waals surface area contributed by atoms with Crippen LogP contribution in [0.2, 0.25) is 0 Å². The van der Waals surface area contributed by atoms with Gasteiger partial charge in [-0.2, -0.15) is 0 Å². The van der Waals surface area contributed by atoms with Crippen molar-refractivity contribution in [2.24, 2.45) is 5.41 Å². The second-order valence-corrected chi connectivity index (χ2v) is 14.0. The molecule has 3 heterocycles. The van der Waals surface area contributed by atoms with Crippen LogP contribution in [0.3, 0.4) is 0 Å². The van der Waals surface area contributed by atoms with Gasteiger partial charge in [-0.15, -0.1) is 11.3 Å². The summed E-state index contributed by atoms with van der Waals surface area (Å²) in [4.78, 5) is 41.5. The number of hydrogen-bond acceptors (Lipinski definition) is 7. The first-order valence-electron chi connectivity index (χ1n) is 13.3. The highest BCUT2D eigenvalue weighted by Crippen LogP contribution is 2.37. The zero-order valence-corrected chi connectivity index (χ0v) is 26.2. The summed E-state index contributed by atoms with van der Waals surface area (Å²) in [6.07, 6.45) is 0.798. The topological polar surface area (TPSA) is 109 Å². The minimum atomic E-state index is -1.77. The van der Waals surface area contributed by atoms with Crippen LogP contribution in [0.5, 0.6) is 5.75 Å². The van der Waals surface area contributed by atoms with Crippen molar-refractivity contribution in [2.45, 2.75) is 78.2 Å². The Labute approximate surface area is 245 Å². The number of aryl methyl sites for hydroxylation is 1. The predicted molar refractivity (Wildman–Crippen MR) is 159 cm³/mol. The van der Waals surface area contributed by atoms with Crippen molar-refractivity contribution in [3.63, 3.8) is 0 Å². The molecule has 0 radical (unpaired) electrons. The Kier molecular flexibility index (Phi) is 8.99. The summed E-state index contributed by atoms with van der Waals surface area (Å²) in [6.45, 7) is 10.1. The fourth-order valence-electron chi connectivity index (χ4n) is 5.56. The number of carboxylic acid groups (broad SMARTS) is 1. The molecule has 0 spiro atoms. The lowest BCUT2D eigenvalue weighted by Gasteiger charge is -2.34. The molecule has 0 amide bonds. The zero-order valence-electron chi connectivity index (χ0n) is 23.8. The first-order chi connectivity index (χ1) is 18.8. The molecule has 1 N–H and O–H groups in total. The lowest BCUT2D eigenvalue weighted by Crippen LogP contribution is -2.55. The minimum absolute atomic E-state index is 0.0605. The Hall–Kier alpha value is -2.47. The van der Waals surface area contributed by atoms with Gasteiger partial charge in [0.15, 0.2) is 0 Å². The van der Waals surface area contributed by atoms with Crippen LogP contribution >= 0.6 is 27.3 Å². The molecule has 2 atom stereocenters. The molecule has 218 valence electrons. The molecule has 1 aliphatic rings. The molecular weight excluding hydrogens is 600 g/mol. The van der Waals surface area contributed by atoms with Crippen molar-refractivity contribution in [3.8, 4) is 5.75 Å². The van der Waals surface area contributed by atoms with E-state index in [2.05, 4.69) is 15.9 Å². The maximum atomic E-state index is 14.3. The summed E-state index contributed by atoms with van der Waals surface area (Å²) in [6, 6.07) is 7.49. The van der Waals surface area contributed by atoms with Crippen LogP contribution in [0, 0.1) is 12.3 Å². The number of ether oxygens (including phenoxy) is 3. The number of halogens is 1. The van der Waals surface area contributed by atoms with E-state index in [-0.39, 0.29) is 19.1 Å². The van der Waals surface area contributed by atoms with E-state index in [4.69, 9.17) is 14.2 Å². The lowest BCUT2D eigenvalue weighted by atomic mass is 9.80. The molecular formula is C29H37BrN2O7S. The Morgan fingerprint density at radius 2 is 1.85 bits per heavy atom. The second-order valence-electron chi connectivity index (χ2n) is 11.7. The van der Waals surface area contributed by atoms with E-state index >= 15 is 0 Å². The molecule has 1 fully saturated rings. The van der Waals surface area contributed by atoms with Gasteiger partial charge in [0.2, 0.25) is 0 Å². The van der Waals surface area contributed by atoms with E-state index in [0.29, 0.717) is 51.4 Å². The van der Waals surface area contributed by atoms with E-state index in [1.165, 1.54) is 22.8 Å². The van der Waals surface area contributed by atoms with Crippen LogP contribution in [0.4, 0.5) is 0 Å². The molecule has 9 nitrogen and oxygen atoms in total. The van der Waals surface area contributed by atoms with Crippen LogP contribution in [0.1, 0.15) is 64.2 Å². The predicted octanol–water partition coefficient (Wildman–Crippen LogP) is 5.48. The van der Waals surface area contributed by atoms with Gasteiger partial charge in [-0.1, -0.05) is 39.0 Å². The molecule has 40 heavy (non-hydrogen) atoms. The number of methoxy groups -OCH3 is 1. The molecule has 0 saturated carbocycles. The van der Waals surface area contributed by atoms with Gasteiger partial charge < -0.3 is 19.3 Å². The summed E-state index contributed by atoms with van der Waals surface area (Å²) in [5, 5.41) is 10.7. The molecule has 4 rings (SSSR count). The number of benzene rings is 1. The van der Waals surface area contributed by atoms with Crippen molar-refractivity contribution in [1.29, 1.82) is 0 Å². The zero-order chi connectivity index (χ0) is 29.4. The number of carbonyl (C=O) groups is 1. The molecule has 0 bridgehead atoms. The van der Waals surface area contributed by atoms with Crippen molar-refractivity contribution in [1.82, 2.24) is 9.13 Å². The third-order valence-electron chi connectivity index (χ3n) is 7.34. The van der Waals surface area contributed by atoms with Crippen LogP contribution in [0.15, 0.2) is 37.6 Å². The molecule has 2 aromatic heterocycles. The van der Waals surface area contributed by atoms with Gasteiger partial charge in [-0.3, -0.25) is 9.36 Å². The van der Waals surface area contributed by atoms with Gasteiger partial charge in [0.05, 0.1) is 28.9 Å². The van der Waals surface area contributed by atoms with Gasteiger partial charge >= 0.3 is 11.7 Å². The molecule has 2 unspecified atom stereocenters. The number of para-hydroxylation sites is 1. The monoisotopic (exact) mass is 636 g/mol. The smallest absolute Gasteiger partial charge is 0.333 e. The number of fused-ring (bicyclic) bond motifs is 1. The lowest BCUT2D eigenvalue weighted by molar-refractivity contribution is -0.148. The van der Waals surface area contributed by atoms with Gasteiger partial charge in [0.1, 0.15) is 22.2 Å². The van der Waals surface area contributed by atoms with Gasteiger partial charge in [0, 0.05) is 18.8 Å². The molecule has 3 aromatic rings. The van der Waals surface area contributed by atoms with Crippen molar-refractivity contribution in [3.05, 3.63) is 60.0 Å². The molecule has 1 saturated heterocycles. The van der Waals surface area contributed by atoms with Crippen LogP contribution < -0.4 is 16.0 Å². The first-order valence-corrected chi connectivity index (χ1v) is 14.9. The maximum Gasteiger partial charge on any atom is 0.333 e. The second kappa shape index (κ2) is 11.8. The van der Waals surface area contributed by atoms with E-state index in [9.17, 15) is 19.5 Å². The fraction of sp³-hybridized carbons (Fsp3) is 0.552. The summed E-state index contributed by atoms with van der Waals surface area (Å²) >= 11 is 4.82. The maximum absolute atomic E-state index is 14.3. The number of carboxylic acids is 1. The van der Waals surface area contributed by atoms with Crippen LogP contribution in [-0.2, 0) is 26.4 Å². The number of thiophene rings is 1. The third-order valence-corrected chi connectivity index (χ3v) is 9.53. The van der Waals surface area contributed by atoms with Gasteiger partial charge in [-0.05, 0) is 66.1 Å². The number of aromatic nitrogens is 2. The van der Waals surface area contributed by atoms with Crippen LogP contribution in [-0.4, -0.2) is 46.6 Å². The van der Waals surface area contributed by atoms with Crippen LogP contribution in [0.25, 0.3) is 10.2 Å². The quantitative estimate of drug-likeness (QED) is 0.331. The summed E-state index contributed by atoms with van der Waals surface area (Å²) < 4.78 is 20.9. The highest BCUT2D eigenvalue weighted by atomic mass is 79.9. The Morgan fingerprint density at radius 3 is 2.45 bits per heavy atom. The summed E-state index contributed by atoms with van der Waals surface area (Å²) in [7, 11) is 1.58. The minimum Gasteiger partial charge on any atom is -0.496 e. The van der Waals surface area contributed by atoms with E-state index in [0.717, 1.165) is 10.1 Å². The SMILES string of the molecule is COc1ccccc1C(Cn1c(=O)n(C(C)(CC(C)(C)C)C(=O)O)c(=O)c2c(C)c(Br)sc21)OC1CCOCC1. The number of nitrogens with zero attached hydrogens (tertiary/aromatic N) is 2. The van der Waals surface area contributed by atoms with E-state index < -0.39 is 34.3 Å². The summed E-state index contributed by atoms with van der Waals surface area (Å²) in [5.41, 5.74) is -2.12. The van der Waals surface area contributed by atoms with E-state index in [1.807, 2.05) is 45.0 Å². The average molecular weight is 638 g/mol.